The van der Waals surface area contributed by atoms with E-state index >= 15 is 0 Å². The first-order valence-electron chi connectivity index (χ1n) is 4.44. The van der Waals surface area contributed by atoms with Crippen molar-refractivity contribution in [1.29, 1.82) is 0 Å². The van der Waals surface area contributed by atoms with Crippen molar-refractivity contribution in [2.75, 3.05) is 6.54 Å². The van der Waals surface area contributed by atoms with Crippen LogP contribution in [0.15, 0.2) is 23.4 Å². The van der Waals surface area contributed by atoms with E-state index in [0.29, 0.717) is 0 Å². The summed E-state index contributed by atoms with van der Waals surface area (Å²) >= 11 is 0. The molecule has 0 aliphatic carbocycles. The number of nitrogens with two attached hydrogens (primary N) is 1. The highest BCUT2D eigenvalue weighted by Gasteiger charge is 2.14. The zero-order valence-corrected chi connectivity index (χ0v) is 8.84. The summed E-state index contributed by atoms with van der Waals surface area (Å²) in [5.74, 6) is 0. The van der Waals surface area contributed by atoms with Gasteiger partial charge in [0.05, 0.1) is 4.90 Å². The first kappa shape index (κ1) is 11.2. The maximum Gasteiger partial charge on any atom is 0.242 e. The molecule has 0 aliphatic heterocycles. The zero-order chi connectivity index (χ0) is 10.6. The van der Waals surface area contributed by atoms with Crippen LogP contribution in [0, 0.1) is 0 Å². The van der Waals surface area contributed by atoms with Crippen molar-refractivity contribution in [2.24, 2.45) is 5.73 Å². The van der Waals surface area contributed by atoms with Gasteiger partial charge in [0, 0.05) is 25.0 Å². The normalized spacial score (nSPS) is 14.1. The second kappa shape index (κ2) is 4.59. The second-order valence-electron chi connectivity index (χ2n) is 3.07. The summed E-state index contributed by atoms with van der Waals surface area (Å²) in [6.45, 7) is 2.18. The summed E-state index contributed by atoms with van der Waals surface area (Å²) in [4.78, 5) is 2.92. The van der Waals surface area contributed by atoms with Gasteiger partial charge in [0.15, 0.2) is 0 Å². The predicted molar refractivity (Wildman–Crippen MR) is 54.2 cm³/mol. The third-order valence-electron chi connectivity index (χ3n) is 1.94. The Balaban J connectivity index is 2.60. The summed E-state index contributed by atoms with van der Waals surface area (Å²) in [5.41, 5.74) is 5.60. The van der Waals surface area contributed by atoms with Gasteiger partial charge in [-0.25, -0.2) is 13.1 Å². The lowest BCUT2D eigenvalue weighted by molar-refractivity contribution is 0.564. The van der Waals surface area contributed by atoms with Gasteiger partial charge in [0.25, 0.3) is 0 Å². The van der Waals surface area contributed by atoms with Crippen molar-refractivity contribution in [3.05, 3.63) is 18.5 Å². The van der Waals surface area contributed by atoms with Gasteiger partial charge in [-0.1, -0.05) is 6.92 Å². The van der Waals surface area contributed by atoms with Gasteiger partial charge in [0.1, 0.15) is 0 Å². The van der Waals surface area contributed by atoms with Crippen LogP contribution in [0.5, 0.6) is 0 Å². The highest BCUT2D eigenvalue weighted by Crippen LogP contribution is 2.05. The van der Waals surface area contributed by atoms with Gasteiger partial charge >= 0.3 is 0 Å². The Morgan fingerprint density at radius 2 is 2.36 bits per heavy atom. The maximum absolute atomic E-state index is 11.5. The van der Waals surface area contributed by atoms with Crippen LogP contribution in [0.2, 0.25) is 0 Å². The molecule has 0 radical (unpaired) electrons. The van der Waals surface area contributed by atoms with E-state index in [0.717, 1.165) is 6.42 Å². The molecular weight excluding hydrogens is 202 g/mol. The Hall–Kier alpha value is -0.850. The van der Waals surface area contributed by atoms with Crippen molar-refractivity contribution in [3.63, 3.8) is 0 Å². The van der Waals surface area contributed by atoms with E-state index < -0.39 is 10.0 Å². The van der Waals surface area contributed by atoms with E-state index in [1.807, 2.05) is 6.92 Å². The highest BCUT2D eigenvalue weighted by atomic mass is 32.2. The van der Waals surface area contributed by atoms with Crippen molar-refractivity contribution in [1.82, 2.24) is 9.71 Å². The molecule has 0 amide bonds. The van der Waals surface area contributed by atoms with E-state index in [1.54, 1.807) is 6.20 Å². The topological polar surface area (TPSA) is 88.0 Å². The molecule has 1 atom stereocenters. The lowest BCUT2D eigenvalue weighted by Crippen LogP contribution is -2.36. The first-order chi connectivity index (χ1) is 6.56. The molecule has 0 aliphatic rings. The summed E-state index contributed by atoms with van der Waals surface area (Å²) in [7, 11) is -3.38. The summed E-state index contributed by atoms with van der Waals surface area (Å²) < 4.78 is 25.5. The molecule has 0 saturated heterocycles. The van der Waals surface area contributed by atoms with Crippen molar-refractivity contribution in [2.45, 2.75) is 24.3 Å². The van der Waals surface area contributed by atoms with Crippen LogP contribution in [0.1, 0.15) is 13.3 Å². The summed E-state index contributed by atoms with van der Waals surface area (Å²) in [6.07, 6.45) is 3.74. The monoisotopic (exact) mass is 217 g/mol. The number of aromatic nitrogens is 1. The van der Waals surface area contributed by atoms with Gasteiger partial charge in [0.2, 0.25) is 10.0 Å². The SMILES string of the molecule is CCC(N)CNS(=O)(=O)c1cc[nH]c1. The van der Waals surface area contributed by atoms with Crippen molar-refractivity contribution in [3.8, 4) is 0 Å². The van der Waals surface area contributed by atoms with Gasteiger partial charge in [-0.2, -0.15) is 0 Å². The van der Waals surface area contributed by atoms with Crippen LogP contribution in [0.3, 0.4) is 0 Å². The molecule has 1 aromatic heterocycles. The van der Waals surface area contributed by atoms with E-state index in [-0.39, 0.29) is 17.5 Å². The Labute approximate surface area is 83.8 Å². The molecule has 1 rings (SSSR count). The molecular formula is C8H15N3O2S. The lowest BCUT2D eigenvalue weighted by Gasteiger charge is -2.09. The van der Waals surface area contributed by atoms with Gasteiger partial charge < -0.3 is 10.7 Å². The van der Waals surface area contributed by atoms with Gasteiger partial charge in [-0.15, -0.1) is 0 Å². The lowest BCUT2D eigenvalue weighted by atomic mass is 10.2. The Bertz CT molecular complexity index is 358. The molecule has 14 heavy (non-hydrogen) atoms. The Kier molecular flexibility index (Phi) is 3.68. The molecule has 1 heterocycles. The third-order valence-corrected chi connectivity index (χ3v) is 3.36. The van der Waals surface area contributed by atoms with E-state index in [2.05, 4.69) is 9.71 Å². The molecule has 80 valence electrons. The van der Waals surface area contributed by atoms with E-state index in [9.17, 15) is 8.42 Å². The number of hydrogen-bond donors (Lipinski definition) is 3. The molecule has 0 spiro atoms. The number of aromatic amines is 1. The Morgan fingerprint density at radius 3 is 2.86 bits per heavy atom. The molecule has 1 unspecified atom stereocenters. The maximum atomic E-state index is 11.5. The highest BCUT2D eigenvalue weighted by molar-refractivity contribution is 7.89. The minimum absolute atomic E-state index is 0.135. The number of nitrogens with one attached hydrogen (secondary N) is 2. The smallest absolute Gasteiger partial charge is 0.242 e. The van der Waals surface area contributed by atoms with Crippen LogP contribution >= 0.6 is 0 Å². The quantitative estimate of drug-likeness (QED) is 0.650. The Morgan fingerprint density at radius 1 is 1.64 bits per heavy atom. The van der Waals surface area contributed by atoms with Crippen LogP contribution in [-0.2, 0) is 10.0 Å². The van der Waals surface area contributed by atoms with Gasteiger partial charge in [-0.05, 0) is 12.5 Å². The first-order valence-corrected chi connectivity index (χ1v) is 5.92. The molecule has 0 bridgehead atoms. The summed E-state index contributed by atoms with van der Waals surface area (Å²) in [5, 5.41) is 0. The fraction of sp³-hybridized carbons (Fsp3) is 0.500. The number of rotatable bonds is 5. The van der Waals surface area contributed by atoms with Gasteiger partial charge in [-0.3, -0.25) is 0 Å². The van der Waals surface area contributed by atoms with Crippen molar-refractivity contribution >= 4 is 10.0 Å². The number of H-pyrrole nitrogens is 1. The molecule has 5 nitrogen and oxygen atoms in total. The fourth-order valence-electron chi connectivity index (χ4n) is 0.920. The molecule has 1 aromatic rings. The standard InChI is InChI=1S/C8H15N3O2S/c1-2-7(9)5-11-14(12,13)8-3-4-10-6-8/h3-4,6-7,10-11H,2,5,9H2,1H3. The fourth-order valence-corrected chi connectivity index (χ4v) is 1.99. The predicted octanol–water partition coefficient (Wildman–Crippen LogP) is 0.0303. The molecule has 0 fully saturated rings. The van der Waals surface area contributed by atoms with E-state index in [4.69, 9.17) is 5.73 Å². The molecule has 0 saturated carbocycles. The third kappa shape index (κ3) is 2.83. The minimum Gasteiger partial charge on any atom is -0.366 e. The zero-order valence-electron chi connectivity index (χ0n) is 8.03. The number of hydrogen-bond acceptors (Lipinski definition) is 3. The average Bonchev–Trinajstić information content (AvgIpc) is 2.67. The van der Waals surface area contributed by atoms with Crippen LogP contribution in [0.4, 0.5) is 0 Å². The largest absolute Gasteiger partial charge is 0.366 e. The van der Waals surface area contributed by atoms with Crippen molar-refractivity contribution < 1.29 is 8.42 Å². The minimum atomic E-state index is -3.38. The molecule has 6 heteroatoms. The van der Waals surface area contributed by atoms with Crippen LogP contribution < -0.4 is 10.5 Å². The van der Waals surface area contributed by atoms with Crippen LogP contribution in [-0.4, -0.2) is 26.0 Å². The molecule has 4 N–H and O–H groups in total. The average molecular weight is 217 g/mol. The van der Waals surface area contributed by atoms with Crippen LogP contribution in [0.25, 0.3) is 0 Å². The summed E-state index contributed by atoms with van der Waals surface area (Å²) in [6, 6.07) is 1.36. The number of sulfonamides is 1. The van der Waals surface area contributed by atoms with E-state index in [1.165, 1.54) is 12.3 Å². The molecule has 0 aromatic carbocycles. The second-order valence-corrected chi connectivity index (χ2v) is 4.83.